The fraction of sp³-hybridized carbons (Fsp3) is 0. The molecule has 0 N–H and O–H groups in total. The van der Waals surface area contributed by atoms with Gasteiger partial charge in [-0.05, 0) is 0 Å². The van der Waals surface area contributed by atoms with Gasteiger partial charge in [0.15, 0.2) is 0 Å². The van der Waals surface area contributed by atoms with Gasteiger partial charge in [0.05, 0.1) is 10.2 Å². The second kappa shape index (κ2) is 14.6. The molecule has 0 spiro atoms. The average molecular weight is 329 g/mol. The summed E-state index contributed by atoms with van der Waals surface area (Å²) < 4.78 is 0. The minimum absolute atomic E-state index is 0. The van der Waals surface area contributed by atoms with Crippen molar-refractivity contribution in [1.82, 2.24) is 0 Å². The molecular formula is C5H5CeN2O6. The Morgan fingerprint density at radius 2 is 1.07 bits per heavy atom. The van der Waals surface area contributed by atoms with E-state index in [1.165, 1.54) is 0 Å². The second-order valence-electron chi connectivity index (χ2n) is 1.41. The van der Waals surface area contributed by atoms with Crippen LogP contribution in [0.15, 0.2) is 30.3 Å². The van der Waals surface area contributed by atoms with Crippen LogP contribution in [0.2, 0.25) is 0 Å². The first-order valence-electron chi connectivity index (χ1n) is 2.76. The smallest absolute Gasteiger partial charge is 0.356 e. The third-order valence-corrected chi connectivity index (χ3v) is 0.556. The Balaban J connectivity index is -0.000000127. The zero-order chi connectivity index (χ0) is 10.7. The van der Waals surface area contributed by atoms with Crippen LogP contribution in [-0.4, -0.2) is 10.2 Å². The minimum Gasteiger partial charge on any atom is -0.356 e. The molecule has 0 bridgehead atoms. The van der Waals surface area contributed by atoms with Gasteiger partial charge in [-0.1, -0.05) is 0 Å². The Labute approximate surface area is 112 Å². The molecule has 0 saturated heterocycles. The monoisotopic (exact) mass is 329 g/mol. The molecule has 0 aliphatic rings. The van der Waals surface area contributed by atoms with Crippen LogP contribution in [0.5, 0.6) is 0 Å². The van der Waals surface area contributed by atoms with Crippen LogP contribution in [0.1, 0.15) is 0 Å². The molecule has 1 aromatic rings. The van der Waals surface area contributed by atoms with Crippen molar-refractivity contribution in [2.45, 2.75) is 0 Å². The summed E-state index contributed by atoms with van der Waals surface area (Å²) in [4.78, 5) is 16.5. The first-order chi connectivity index (χ1) is 5.96. The van der Waals surface area contributed by atoms with E-state index in [0.717, 1.165) is 0 Å². The molecule has 75 valence electrons. The Hall–Kier alpha value is -0.873. The summed E-state index contributed by atoms with van der Waals surface area (Å²) in [7, 11) is 0. The molecule has 0 atom stereocenters. The van der Waals surface area contributed by atoms with Gasteiger partial charge in [-0.25, -0.2) is 12.1 Å². The second-order valence-corrected chi connectivity index (χ2v) is 1.41. The summed E-state index contributed by atoms with van der Waals surface area (Å²) in [5.41, 5.74) is 0. The number of nitrogens with zero attached hydrogens (tertiary/aromatic N) is 2. The van der Waals surface area contributed by atoms with Crippen molar-refractivity contribution >= 4 is 0 Å². The van der Waals surface area contributed by atoms with Crippen molar-refractivity contribution in [3.63, 3.8) is 0 Å². The van der Waals surface area contributed by atoms with E-state index in [9.17, 15) is 0 Å². The summed E-state index contributed by atoms with van der Waals surface area (Å²) in [5, 5.41) is 29.5. The summed E-state index contributed by atoms with van der Waals surface area (Å²) in [6.45, 7) is 0. The van der Waals surface area contributed by atoms with Crippen LogP contribution in [-0.2, 0) is 0 Å². The molecular weight excluding hydrogens is 324 g/mol. The van der Waals surface area contributed by atoms with Crippen LogP contribution < -0.4 is 0 Å². The third kappa shape index (κ3) is 67.0. The van der Waals surface area contributed by atoms with Crippen molar-refractivity contribution < 1.29 is 51.9 Å². The van der Waals surface area contributed by atoms with E-state index in [4.69, 9.17) is 30.6 Å². The van der Waals surface area contributed by atoms with Gasteiger partial charge in [0.25, 0.3) is 0 Å². The molecule has 0 fully saturated rings. The van der Waals surface area contributed by atoms with E-state index in [0.29, 0.717) is 0 Å². The molecule has 0 aliphatic heterocycles. The SMILES string of the molecule is O=[N+]([O-])[O-].O=[N+]([O-])[O-].[Ce+3].c1cc[cH-]c1. The maximum absolute atomic E-state index is 8.25. The van der Waals surface area contributed by atoms with Crippen LogP contribution in [0.3, 0.4) is 0 Å². The molecule has 1 rings (SSSR count). The molecule has 0 saturated carbocycles. The molecule has 14 heavy (non-hydrogen) atoms. The summed E-state index contributed by atoms with van der Waals surface area (Å²) in [5.74, 6) is 0. The van der Waals surface area contributed by atoms with Crippen molar-refractivity contribution in [2.75, 3.05) is 0 Å². The van der Waals surface area contributed by atoms with Gasteiger partial charge in [0.1, 0.15) is 0 Å². The van der Waals surface area contributed by atoms with Crippen LogP contribution in [0.4, 0.5) is 0 Å². The molecule has 0 aromatic heterocycles. The van der Waals surface area contributed by atoms with Crippen molar-refractivity contribution in [2.24, 2.45) is 0 Å². The molecule has 9 heteroatoms. The van der Waals surface area contributed by atoms with Gasteiger partial charge in [-0.15, -0.1) is 0 Å². The zero-order valence-electron chi connectivity index (χ0n) is 6.73. The van der Waals surface area contributed by atoms with Gasteiger partial charge in [0.2, 0.25) is 0 Å². The maximum atomic E-state index is 8.25. The molecule has 1 aromatic carbocycles. The Bertz CT molecular complexity index is 189. The zero-order valence-corrected chi connectivity index (χ0v) is 9.87. The quantitative estimate of drug-likeness (QED) is 0.395. The molecule has 0 amide bonds. The van der Waals surface area contributed by atoms with E-state index < -0.39 is 10.2 Å². The molecule has 0 heterocycles. The summed E-state index contributed by atoms with van der Waals surface area (Å²) in [6, 6.07) is 10.0. The van der Waals surface area contributed by atoms with Gasteiger partial charge in [-0.3, -0.25) is 0 Å². The van der Waals surface area contributed by atoms with E-state index in [2.05, 4.69) is 0 Å². The molecule has 0 aliphatic carbocycles. The van der Waals surface area contributed by atoms with E-state index in [-0.39, 0.29) is 41.7 Å². The van der Waals surface area contributed by atoms with Gasteiger partial charge in [-0.2, -0.15) is 18.2 Å². The maximum Gasteiger partial charge on any atom is 3.00 e. The Kier molecular flexibility index (Phi) is 19.7. The van der Waals surface area contributed by atoms with Crippen molar-refractivity contribution in [1.29, 1.82) is 0 Å². The molecule has 1 radical (unpaired) electrons. The van der Waals surface area contributed by atoms with Crippen LogP contribution in [0.25, 0.3) is 0 Å². The summed E-state index contributed by atoms with van der Waals surface area (Å²) in [6.07, 6.45) is 0. The predicted octanol–water partition coefficient (Wildman–Crippen LogP) is 0.927. The van der Waals surface area contributed by atoms with E-state index in [1.54, 1.807) is 0 Å². The Morgan fingerprint density at radius 3 is 1.14 bits per heavy atom. The number of hydrogen-bond donors (Lipinski definition) is 0. The number of hydrogen-bond acceptors (Lipinski definition) is 6. The number of rotatable bonds is 0. The predicted molar refractivity (Wildman–Crippen MR) is 42.8 cm³/mol. The van der Waals surface area contributed by atoms with E-state index in [1.807, 2.05) is 30.3 Å². The normalized spacial score (nSPS) is 6.29. The largest absolute Gasteiger partial charge is 3.00 e. The van der Waals surface area contributed by atoms with Gasteiger partial charge in [0, 0.05) is 0 Å². The van der Waals surface area contributed by atoms with Crippen molar-refractivity contribution in [3.05, 3.63) is 61.0 Å². The summed E-state index contributed by atoms with van der Waals surface area (Å²) >= 11 is 0. The minimum atomic E-state index is -1.75. The topological polar surface area (TPSA) is 132 Å². The van der Waals surface area contributed by atoms with Gasteiger partial charge >= 0.3 is 41.7 Å². The fourth-order valence-electron chi connectivity index (χ4n) is 0.321. The van der Waals surface area contributed by atoms with Crippen molar-refractivity contribution in [3.8, 4) is 0 Å². The van der Waals surface area contributed by atoms with Gasteiger partial charge < -0.3 is 30.6 Å². The van der Waals surface area contributed by atoms with E-state index >= 15 is 0 Å². The first kappa shape index (κ1) is 18.8. The van der Waals surface area contributed by atoms with Crippen LogP contribution >= 0.6 is 0 Å². The average Bonchev–Trinajstić information content (AvgIpc) is 2.35. The third-order valence-electron chi connectivity index (χ3n) is 0.556. The standard InChI is InChI=1S/C5H5.Ce.2NO3/c1-2-4-5-3-1;;2*2-1(3)4/h1-5H;;;/q-1;+3;2*-1. The molecule has 0 unspecified atom stereocenters. The van der Waals surface area contributed by atoms with Crippen LogP contribution in [0, 0.1) is 72.4 Å². The fourth-order valence-corrected chi connectivity index (χ4v) is 0.321. The molecule has 8 nitrogen and oxygen atoms in total. The Morgan fingerprint density at radius 1 is 0.857 bits per heavy atom. The first-order valence-corrected chi connectivity index (χ1v) is 2.76.